The molecule has 0 radical (unpaired) electrons. The Morgan fingerprint density at radius 1 is 0.944 bits per heavy atom. The molecule has 0 atom stereocenters. The smallest absolute Gasteiger partial charge is 0.124 e. The number of thiazole rings is 1. The van der Waals surface area contributed by atoms with Crippen LogP contribution in [0.1, 0.15) is 11.1 Å². The molecule has 0 unspecified atom stereocenters. The largest absolute Gasteiger partial charge is 0.399 e. The Balaban J connectivity index is 2.22. The molecule has 18 heavy (non-hydrogen) atoms. The Kier molecular flexibility index (Phi) is 2.56. The van der Waals surface area contributed by atoms with Crippen LogP contribution >= 0.6 is 11.3 Å². The van der Waals surface area contributed by atoms with Crippen LogP contribution < -0.4 is 5.73 Å². The van der Waals surface area contributed by atoms with Crippen LogP contribution in [0.5, 0.6) is 0 Å². The predicted octanol–water partition coefficient (Wildman–Crippen LogP) is 4.16. The zero-order valence-corrected chi connectivity index (χ0v) is 11.2. The number of fused-ring (bicyclic) bond motifs is 1. The van der Waals surface area contributed by atoms with Crippen molar-refractivity contribution >= 4 is 27.2 Å². The lowest BCUT2D eigenvalue weighted by molar-refractivity contribution is 1.40. The Morgan fingerprint density at radius 2 is 1.61 bits per heavy atom. The van der Waals surface area contributed by atoms with Crippen LogP contribution in [0.3, 0.4) is 0 Å². The molecule has 0 saturated heterocycles. The number of aryl methyl sites for hydroxylation is 2. The molecule has 0 aliphatic rings. The molecular weight excluding hydrogens is 240 g/mol. The second kappa shape index (κ2) is 4.10. The van der Waals surface area contributed by atoms with E-state index >= 15 is 0 Å². The van der Waals surface area contributed by atoms with Crippen LogP contribution in [0.25, 0.3) is 20.8 Å². The Hall–Kier alpha value is -1.87. The molecule has 0 aliphatic heterocycles. The van der Waals surface area contributed by atoms with Gasteiger partial charge in [-0.05, 0) is 49.2 Å². The lowest BCUT2D eigenvalue weighted by Gasteiger charge is -1.96. The van der Waals surface area contributed by atoms with Crippen molar-refractivity contribution in [3.8, 4) is 10.6 Å². The number of rotatable bonds is 1. The molecule has 1 aromatic heterocycles. The Bertz CT molecular complexity index is 672. The summed E-state index contributed by atoms with van der Waals surface area (Å²) >= 11 is 1.75. The molecule has 0 amide bonds. The number of nitrogen functional groups attached to an aromatic ring is 1. The second-order valence-electron chi connectivity index (χ2n) is 4.52. The third-order valence-corrected chi connectivity index (χ3v) is 4.34. The van der Waals surface area contributed by atoms with Gasteiger partial charge in [-0.1, -0.05) is 12.1 Å². The molecule has 3 rings (SSSR count). The van der Waals surface area contributed by atoms with Crippen molar-refractivity contribution in [2.75, 3.05) is 5.73 Å². The lowest BCUT2D eigenvalue weighted by Crippen LogP contribution is -1.83. The lowest BCUT2D eigenvalue weighted by atomic mass is 10.1. The molecule has 3 heteroatoms. The number of aromatic nitrogens is 1. The van der Waals surface area contributed by atoms with Gasteiger partial charge < -0.3 is 5.73 Å². The fourth-order valence-corrected chi connectivity index (χ4v) is 3.13. The van der Waals surface area contributed by atoms with Gasteiger partial charge in [0, 0.05) is 11.3 Å². The van der Waals surface area contributed by atoms with Crippen LogP contribution in [0.2, 0.25) is 0 Å². The first-order valence-electron chi connectivity index (χ1n) is 5.88. The molecule has 0 bridgehead atoms. The normalized spacial score (nSPS) is 11.0. The van der Waals surface area contributed by atoms with E-state index in [1.807, 2.05) is 24.3 Å². The minimum atomic E-state index is 0.784. The zero-order chi connectivity index (χ0) is 12.7. The zero-order valence-electron chi connectivity index (χ0n) is 10.4. The van der Waals surface area contributed by atoms with Gasteiger partial charge >= 0.3 is 0 Å². The number of benzene rings is 2. The van der Waals surface area contributed by atoms with E-state index in [4.69, 9.17) is 10.7 Å². The Morgan fingerprint density at radius 3 is 2.28 bits per heavy atom. The van der Waals surface area contributed by atoms with E-state index in [2.05, 4.69) is 26.0 Å². The number of nitrogens with zero attached hydrogens (tertiary/aromatic N) is 1. The quantitative estimate of drug-likeness (QED) is 0.662. The molecule has 0 fully saturated rings. The third-order valence-electron chi connectivity index (χ3n) is 3.10. The van der Waals surface area contributed by atoms with Crippen molar-refractivity contribution in [1.82, 2.24) is 4.98 Å². The maximum atomic E-state index is 5.71. The van der Waals surface area contributed by atoms with E-state index in [9.17, 15) is 0 Å². The molecule has 1 heterocycles. The minimum absolute atomic E-state index is 0.784. The van der Waals surface area contributed by atoms with Gasteiger partial charge in [-0.15, -0.1) is 11.3 Å². The van der Waals surface area contributed by atoms with Crippen LogP contribution in [-0.2, 0) is 0 Å². The van der Waals surface area contributed by atoms with Gasteiger partial charge in [-0.2, -0.15) is 0 Å². The fraction of sp³-hybridized carbons (Fsp3) is 0.133. The molecule has 0 spiro atoms. The van der Waals surface area contributed by atoms with E-state index in [1.54, 1.807) is 11.3 Å². The molecule has 0 saturated carbocycles. The number of anilines is 1. The van der Waals surface area contributed by atoms with E-state index < -0.39 is 0 Å². The summed E-state index contributed by atoms with van der Waals surface area (Å²) in [6.07, 6.45) is 0. The maximum Gasteiger partial charge on any atom is 0.124 e. The molecule has 2 nitrogen and oxygen atoms in total. The van der Waals surface area contributed by atoms with Gasteiger partial charge in [0.15, 0.2) is 0 Å². The van der Waals surface area contributed by atoms with E-state index in [1.165, 1.54) is 15.8 Å². The van der Waals surface area contributed by atoms with Crippen LogP contribution in [0.15, 0.2) is 36.4 Å². The molecule has 3 aromatic rings. The van der Waals surface area contributed by atoms with Crippen molar-refractivity contribution in [2.45, 2.75) is 13.8 Å². The summed E-state index contributed by atoms with van der Waals surface area (Å²) in [5.74, 6) is 0. The molecular formula is C15H14N2S. The number of nitrogens with two attached hydrogens (primary N) is 1. The first-order chi connectivity index (χ1) is 8.65. The summed E-state index contributed by atoms with van der Waals surface area (Å²) in [6, 6.07) is 12.2. The van der Waals surface area contributed by atoms with Gasteiger partial charge in [0.05, 0.1) is 10.2 Å². The van der Waals surface area contributed by atoms with Gasteiger partial charge in [0.1, 0.15) is 5.01 Å². The van der Waals surface area contributed by atoms with Crippen LogP contribution in [0.4, 0.5) is 5.69 Å². The minimum Gasteiger partial charge on any atom is -0.399 e. The second-order valence-corrected chi connectivity index (χ2v) is 5.52. The van der Waals surface area contributed by atoms with E-state index in [0.29, 0.717) is 0 Å². The molecule has 0 aliphatic carbocycles. The van der Waals surface area contributed by atoms with Crippen molar-refractivity contribution in [1.29, 1.82) is 0 Å². The third kappa shape index (κ3) is 1.77. The van der Waals surface area contributed by atoms with Gasteiger partial charge in [-0.25, -0.2) is 4.98 Å². The molecule has 2 N–H and O–H groups in total. The average Bonchev–Trinajstić information content (AvgIpc) is 2.81. The van der Waals surface area contributed by atoms with Gasteiger partial charge in [0.25, 0.3) is 0 Å². The fourth-order valence-electron chi connectivity index (χ4n) is 2.01. The summed E-state index contributed by atoms with van der Waals surface area (Å²) in [5.41, 5.74) is 11.3. The SMILES string of the molecule is Cc1ccc(C)c2sc(-c3ccc(N)cc3)nc12. The first-order valence-corrected chi connectivity index (χ1v) is 6.69. The van der Waals surface area contributed by atoms with Crippen LogP contribution in [-0.4, -0.2) is 4.98 Å². The first kappa shape index (κ1) is 11.2. The molecule has 90 valence electrons. The van der Waals surface area contributed by atoms with E-state index in [0.717, 1.165) is 21.8 Å². The summed E-state index contributed by atoms with van der Waals surface area (Å²) in [6.45, 7) is 4.24. The topological polar surface area (TPSA) is 38.9 Å². The standard InChI is InChI=1S/C15H14N2S/c1-9-3-4-10(2)14-13(9)17-15(18-14)11-5-7-12(16)8-6-11/h3-8H,16H2,1-2H3. The van der Waals surface area contributed by atoms with Crippen LogP contribution in [0, 0.1) is 13.8 Å². The van der Waals surface area contributed by atoms with Crippen molar-refractivity contribution in [3.05, 3.63) is 47.5 Å². The summed E-state index contributed by atoms with van der Waals surface area (Å²) < 4.78 is 1.28. The highest BCUT2D eigenvalue weighted by Gasteiger charge is 2.09. The average molecular weight is 254 g/mol. The van der Waals surface area contributed by atoms with Crippen molar-refractivity contribution < 1.29 is 0 Å². The van der Waals surface area contributed by atoms with Gasteiger partial charge in [0.2, 0.25) is 0 Å². The highest BCUT2D eigenvalue weighted by atomic mass is 32.1. The monoisotopic (exact) mass is 254 g/mol. The predicted molar refractivity (Wildman–Crippen MR) is 78.9 cm³/mol. The molecule has 2 aromatic carbocycles. The number of hydrogen-bond donors (Lipinski definition) is 1. The summed E-state index contributed by atoms with van der Waals surface area (Å²) in [7, 11) is 0. The maximum absolute atomic E-state index is 5.71. The van der Waals surface area contributed by atoms with Crippen molar-refractivity contribution in [2.24, 2.45) is 0 Å². The Labute approximate surface area is 110 Å². The summed E-state index contributed by atoms with van der Waals surface area (Å²) in [5, 5.41) is 1.06. The number of hydrogen-bond acceptors (Lipinski definition) is 3. The van der Waals surface area contributed by atoms with Gasteiger partial charge in [-0.3, -0.25) is 0 Å². The van der Waals surface area contributed by atoms with E-state index in [-0.39, 0.29) is 0 Å². The highest BCUT2D eigenvalue weighted by molar-refractivity contribution is 7.21. The highest BCUT2D eigenvalue weighted by Crippen LogP contribution is 2.33. The summed E-state index contributed by atoms with van der Waals surface area (Å²) in [4.78, 5) is 4.75. The van der Waals surface area contributed by atoms with Crippen molar-refractivity contribution in [3.63, 3.8) is 0 Å².